The molecule has 4 aliphatic heterocycles. The third kappa shape index (κ3) is 8.40. The number of aliphatic hydroxyl groups is 12. The van der Waals surface area contributed by atoms with E-state index in [1.807, 2.05) is 13.8 Å². The maximum absolute atomic E-state index is 11.4. The molecule has 0 aromatic carbocycles. The van der Waals surface area contributed by atoms with Gasteiger partial charge in [-0.25, -0.2) is 0 Å². The first-order valence-corrected chi connectivity index (χ1v) is 24.8. The Labute approximate surface area is 393 Å². The predicted molar refractivity (Wildman–Crippen MR) is 233 cm³/mol. The van der Waals surface area contributed by atoms with Crippen LogP contribution in [0.5, 0.6) is 0 Å². The summed E-state index contributed by atoms with van der Waals surface area (Å²) < 4.78 is 44.7. The van der Waals surface area contributed by atoms with Crippen LogP contribution in [0.2, 0.25) is 0 Å². The number of ether oxygens (including phenoxy) is 7. The number of aliphatic hydroxyl groups excluding tert-OH is 12. The summed E-state index contributed by atoms with van der Waals surface area (Å²) in [6.07, 6.45) is -16.4. The minimum Gasteiger partial charge on any atom is -0.394 e. The second-order valence-corrected chi connectivity index (χ2v) is 23.8. The average molecular weight is 963 g/mol. The van der Waals surface area contributed by atoms with Gasteiger partial charge in [-0.05, 0) is 124 Å². The molecule has 388 valence electrons. The molecular formula is C48H82O19. The minimum absolute atomic E-state index is 0.0667. The van der Waals surface area contributed by atoms with Crippen LogP contribution >= 0.6 is 0 Å². The third-order valence-corrected chi connectivity index (χ3v) is 19.8. The molecule has 12 N–H and O–H groups in total. The van der Waals surface area contributed by atoms with E-state index in [4.69, 9.17) is 33.2 Å². The summed E-state index contributed by atoms with van der Waals surface area (Å²) in [5.41, 5.74) is -3.11. The van der Waals surface area contributed by atoms with E-state index in [1.54, 1.807) is 0 Å². The van der Waals surface area contributed by atoms with E-state index in [9.17, 15) is 61.3 Å². The first kappa shape index (κ1) is 52.6. The number of rotatable bonds is 11. The molecule has 0 aromatic heterocycles. The van der Waals surface area contributed by atoms with Gasteiger partial charge in [0.15, 0.2) is 18.9 Å². The van der Waals surface area contributed by atoms with Crippen molar-refractivity contribution in [1.29, 1.82) is 0 Å². The summed E-state index contributed by atoms with van der Waals surface area (Å²) in [5, 5.41) is 127. The third-order valence-electron chi connectivity index (χ3n) is 19.8. The molecule has 4 saturated carbocycles. The Kier molecular flexibility index (Phi) is 14.6. The molecule has 19 heteroatoms. The fraction of sp³-hybridized carbons (Fsp3) is 1.00. The summed E-state index contributed by atoms with van der Waals surface area (Å²) in [6.45, 7) is 15.5. The quantitative estimate of drug-likeness (QED) is 0.113. The lowest BCUT2D eigenvalue weighted by atomic mass is 9.35. The van der Waals surface area contributed by atoms with Gasteiger partial charge in [-0.1, -0.05) is 34.6 Å². The highest BCUT2D eigenvalue weighted by atomic mass is 16.7. The Morgan fingerprint density at radius 2 is 1.01 bits per heavy atom. The average Bonchev–Trinajstić information content (AvgIpc) is 3.88. The molecule has 8 aliphatic rings. The normalized spacial score (nSPS) is 55.7. The molecule has 4 heterocycles. The second-order valence-electron chi connectivity index (χ2n) is 23.8. The van der Waals surface area contributed by atoms with Gasteiger partial charge in [-0.15, -0.1) is 0 Å². The molecule has 0 radical (unpaired) electrons. The molecule has 8 fully saturated rings. The van der Waals surface area contributed by atoms with Crippen LogP contribution in [-0.2, 0) is 33.2 Å². The van der Waals surface area contributed by atoms with Gasteiger partial charge < -0.3 is 94.4 Å². The number of hydrogen-bond donors (Lipinski definition) is 12. The van der Waals surface area contributed by atoms with Crippen molar-refractivity contribution in [3.05, 3.63) is 0 Å². The van der Waals surface area contributed by atoms with E-state index in [1.165, 1.54) is 0 Å². The van der Waals surface area contributed by atoms with Crippen molar-refractivity contribution in [2.75, 3.05) is 19.8 Å². The van der Waals surface area contributed by atoms with Crippen LogP contribution in [0.15, 0.2) is 0 Å². The Morgan fingerprint density at radius 1 is 0.522 bits per heavy atom. The topological polar surface area (TPSA) is 307 Å². The monoisotopic (exact) mass is 963 g/mol. The fourth-order valence-corrected chi connectivity index (χ4v) is 15.6. The van der Waals surface area contributed by atoms with E-state index in [0.717, 1.165) is 32.1 Å². The van der Waals surface area contributed by atoms with Crippen LogP contribution in [0.25, 0.3) is 0 Å². The Bertz CT molecular complexity index is 1720. The molecule has 4 aliphatic carbocycles. The van der Waals surface area contributed by atoms with Gasteiger partial charge in [0.25, 0.3) is 0 Å². The van der Waals surface area contributed by atoms with Gasteiger partial charge in [0.05, 0.1) is 49.3 Å². The van der Waals surface area contributed by atoms with Crippen LogP contribution in [0, 0.1) is 45.3 Å². The number of fused-ring (bicyclic) bond motifs is 5. The predicted octanol–water partition coefficient (Wildman–Crippen LogP) is -0.816. The first-order valence-electron chi connectivity index (χ1n) is 24.8. The maximum atomic E-state index is 11.4. The van der Waals surface area contributed by atoms with Crippen molar-refractivity contribution in [2.45, 2.75) is 235 Å². The minimum atomic E-state index is -1.63. The summed E-state index contributed by atoms with van der Waals surface area (Å²) in [7, 11) is 0. The summed E-state index contributed by atoms with van der Waals surface area (Å²) >= 11 is 0. The van der Waals surface area contributed by atoms with Gasteiger partial charge in [0.2, 0.25) is 0 Å². The highest BCUT2D eigenvalue weighted by Crippen LogP contribution is 2.77. The van der Waals surface area contributed by atoms with Crippen LogP contribution in [0.1, 0.15) is 113 Å². The van der Waals surface area contributed by atoms with Crippen molar-refractivity contribution in [3.63, 3.8) is 0 Å². The summed E-state index contributed by atoms with van der Waals surface area (Å²) in [5.74, 6) is -0.0624. The van der Waals surface area contributed by atoms with Crippen LogP contribution < -0.4 is 0 Å². The first-order chi connectivity index (χ1) is 31.2. The standard InChI is InChI=1S/C48H82O19/c1-43(2)26-10-15-46(6)27(45(26,5)13-11-28(43)65-41-38(59)35(56)32(53)24(19-50)63-41)17-22(61-40-37(58)34(55)31(52)23(18-49)62-40)30-21(9-14-47(30,46)7)48(8)16-12-29(66-48)44(3,4)67-42-39(60)36(57)33(54)25(20-51)64-42/h21-42,49-60H,9-20H2,1-8H3/t21-,22+,23+,24+,25+,26-,27+,28+,29+,30-,31+,32+,33+,34-,35-,36-,37+,38+,39+,40+,41-,42-,45-,46+,47+,48-/m0/s1. The SMILES string of the molecule is CC(C)(O[C@@H]1O[C@H](CO)[C@@H](O)[C@H](O)[C@H]1O)[C@H]1CC[C@@](C)([C@H]2CC[C@]3(C)[C@@H]2[C@H](O[C@@H]2O[C@H](CO)[C@@H](O)[C@H](O)[C@H]2O)C[C@@H]2[C@@]4(C)CC[C@@H](O[C@@H]5O[C@H](CO)[C@@H](O)[C@H](O)[C@H]5O)C(C)(C)[C@@H]4CC[C@]23C)O1. The molecule has 0 spiro atoms. The van der Waals surface area contributed by atoms with Crippen molar-refractivity contribution >= 4 is 0 Å². The Morgan fingerprint density at radius 3 is 1.55 bits per heavy atom. The van der Waals surface area contributed by atoms with Crippen molar-refractivity contribution < 1.29 is 94.4 Å². The highest BCUT2D eigenvalue weighted by molar-refractivity contribution is 5.21. The van der Waals surface area contributed by atoms with Crippen LogP contribution in [0.3, 0.4) is 0 Å². The highest BCUT2D eigenvalue weighted by Gasteiger charge is 2.73. The van der Waals surface area contributed by atoms with Crippen LogP contribution in [-0.4, -0.2) is 203 Å². The van der Waals surface area contributed by atoms with Gasteiger partial charge in [-0.2, -0.15) is 0 Å². The lowest BCUT2D eigenvalue weighted by Gasteiger charge is -2.71. The Hall–Kier alpha value is -0.760. The largest absolute Gasteiger partial charge is 0.394 e. The molecule has 0 unspecified atom stereocenters. The molecular weight excluding hydrogens is 881 g/mol. The van der Waals surface area contributed by atoms with Crippen molar-refractivity contribution in [3.8, 4) is 0 Å². The van der Waals surface area contributed by atoms with Gasteiger partial charge in [0.1, 0.15) is 73.2 Å². The van der Waals surface area contributed by atoms with Gasteiger partial charge in [0, 0.05) is 0 Å². The van der Waals surface area contributed by atoms with E-state index >= 15 is 0 Å². The fourth-order valence-electron chi connectivity index (χ4n) is 15.6. The smallest absolute Gasteiger partial charge is 0.187 e. The molecule has 67 heavy (non-hydrogen) atoms. The Balaban J connectivity index is 1.08. The lowest BCUT2D eigenvalue weighted by molar-refractivity contribution is -0.344. The molecule has 8 rings (SSSR count). The molecule has 19 nitrogen and oxygen atoms in total. The molecule has 0 bridgehead atoms. The zero-order chi connectivity index (χ0) is 49.1. The van der Waals surface area contributed by atoms with Gasteiger partial charge in [-0.3, -0.25) is 0 Å². The van der Waals surface area contributed by atoms with E-state index in [0.29, 0.717) is 25.7 Å². The van der Waals surface area contributed by atoms with E-state index in [2.05, 4.69) is 41.5 Å². The zero-order valence-corrected chi connectivity index (χ0v) is 40.4. The summed E-state index contributed by atoms with van der Waals surface area (Å²) in [4.78, 5) is 0. The van der Waals surface area contributed by atoms with Crippen molar-refractivity contribution in [2.24, 2.45) is 45.3 Å². The molecule has 0 aromatic rings. The van der Waals surface area contributed by atoms with E-state index < -0.39 is 147 Å². The van der Waals surface area contributed by atoms with Crippen LogP contribution in [0.4, 0.5) is 0 Å². The molecule has 26 atom stereocenters. The zero-order valence-electron chi connectivity index (χ0n) is 40.4. The molecule has 4 saturated heterocycles. The summed E-state index contributed by atoms with van der Waals surface area (Å²) in [6, 6.07) is 0. The van der Waals surface area contributed by atoms with Crippen molar-refractivity contribution in [1.82, 2.24) is 0 Å². The second kappa shape index (κ2) is 18.6. The lowest BCUT2D eigenvalue weighted by Crippen LogP contribution is -2.68. The van der Waals surface area contributed by atoms with Gasteiger partial charge >= 0.3 is 0 Å². The molecule has 0 amide bonds. The number of hydrogen-bond acceptors (Lipinski definition) is 19. The maximum Gasteiger partial charge on any atom is 0.187 e. The van der Waals surface area contributed by atoms with E-state index in [-0.39, 0.29) is 39.9 Å².